The number of benzene rings is 2. The van der Waals surface area contributed by atoms with Crippen LogP contribution in [0.1, 0.15) is 12.5 Å². The standard InChI is InChI=1S/C19H20BrNO4S/c1-3-24-19-10-9-18(13-15(19)2)26(22,23)21-11-4-5-12-25-17-8-6-7-16(20)14-17/h6-10,13-14,21H,3,11-12H2,1-2H3. The molecule has 0 radical (unpaired) electrons. The van der Waals surface area contributed by atoms with E-state index in [-0.39, 0.29) is 18.0 Å². The second-order valence-electron chi connectivity index (χ2n) is 5.28. The minimum atomic E-state index is -3.61. The Bertz CT molecular complexity index is 917. The van der Waals surface area contributed by atoms with Gasteiger partial charge in [-0.1, -0.05) is 33.8 Å². The van der Waals surface area contributed by atoms with Crippen molar-refractivity contribution in [2.24, 2.45) is 0 Å². The first kappa shape index (κ1) is 20.3. The summed E-state index contributed by atoms with van der Waals surface area (Å²) in [5.41, 5.74) is 0.767. The van der Waals surface area contributed by atoms with Crippen LogP contribution in [0.25, 0.3) is 0 Å². The van der Waals surface area contributed by atoms with Crippen LogP contribution in [0.2, 0.25) is 0 Å². The van der Waals surface area contributed by atoms with Crippen molar-refractivity contribution in [3.05, 3.63) is 52.5 Å². The molecule has 0 saturated carbocycles. The van der Waals surface area contributed by atoms with E-state index in [0.717, 1.165) is 10.0 Å². The number of rotatable bonds is 7. The van der Waals surface area contributed by atoms with Crippen LogP contribution < -0.4 is 14.2 Å². The molecule has 1 N–H and O–H groups in total. The summed E-state index contributed by atoms with van der Waals surface area (Å²) in [6.45, 7) is 4.41. The lowest BCUT2D eigenvalue weighted by molar-refractivity contribution is 0.337. The molecule has 5 nitrogen and oxygen atoms in total. The predicted molar refractivity (Wildman–Crippen MR) is 105 cm³/mol. The van der Waals surface area contributed by atoms with Gasteiger partial charge < -0.3 is 9.47 Å². The van der Waals surface area contributed by atoms with Gasteiger partial charge in [-0.3, -0.25) is 0 Å². The van der Waals surface area contributed by atoms with E-state index >= 15 is 0 Å². The molecule has 0 amide bonds. The van der Waals surface area contributed by atoms with Gasteiger partial charge in [-0.15, -0.1) is 0 Å². The van der Waals surface area contributed by atoms with Crippen LogP contribution in [0.15, 0.2) is 51.8 Å². The monoisotopic (exact) mass is 437 g/mol. The molecule has 0 saturated heterocycles. The highest BCUT2D eigenvalue weighted by Gasteiger charge is 2.14. The Hall–Kier alpha value is -2.01. The fourth-order valence-electron chi connectivity index (χ4n) is 2.11. The molecule has 2 aromatic carbocycles. The maximum Gasteiger partial charge on any atom is 0.241 e. The van der Waals surface area contributed by atoms with Crippen LogP contribution in [-0.4, -0.2) is 28.2 Å². The van der Waals surface area contributed by atoms with Crippen LogP contribution >= 0.6 is 15.9 Å². The zero-order valence-electron chi connectivity index (χ0n) is 14.6. The summed E-state index contributed by atoms with van der Waals surface area (Å²) in [5.74, 6) is 6.89. The molecular weight excluding hydrogens is 418 g/mol. The van der Waals surface area contributed by atoms with Crippen LogP contribution in [-0.2, 0) is 10.0 Å². The summed E-state index contributed by atoms with van der Waals surface area (Å²) in [5, 5.41) is 0. The Morgan fingerprint density at radius 1 is 1.12 bits per heavy atom. The van der Waals surface area contributed by atoms with Gasteiger partial charge in [-0.2, -0.15) is 4.72 Å². The summed E-state index contributed by atoms with van der Waals surface area (Å²) in [6, 6.07) is 12.2. The molecule has 0 atom stereocenters. The van der Waals surface area contributed by atoms with Gasteiger partial charge in [0.05, 0.1) is 18.0 Å². The van der Waals surface area contributed by atoms with E-state index < -0.39 is 10.0 Å². The first-order valence-electron chi connectivity index (χ1n) is 7.99. The lowest BCUT2D eigenvalue weighted by atomic mass is 10.2. The van der Waals surface area contributed by atoms with Crippen molar-refractivity contribution in [2.75, 3.05) is 19.8 Å². The first-order chi connectivity index (χ1) is 12.4. The van der Waals surface area contributed by atoms with Crippen molar-refractivity contribution in [2.45, 2.75) is 18.7 Å². The SMILES string of the molecule is CCOc1ccc(S(=O)(=O)NCC#CCOc2cccc(Br)c2)cc1C. The number of nitrogens with one attached hydrogen (secondary N) is 1. The lowest BCUT2D eigenvalue weighted by Crippen LogP contribution is -2.24. The molecule has 0 spiro atoms. The summed E-state index contributed by atoms with van der Waals surface area (Å²) in [4.78, 5) is 0.186. The number of sulfonamides is 1. The molecule has 138 valence electrons. The average molecular weight is 438 g/mol. The summed E-state index contributed by atoms with van der Waals surface area (Å²) in [7, 11) is -3.61. The van der Waals surface area contributed by atoms with Gasteiger partial charge in [0.15, 0.2) is 0 Å². The third-order valence-corrected chi connectivity index (χ3v) is 5.23. The van der Waals surface area contributed by atoms with Gasteiger partial charge in [0, 0.05) is 4.47 Å². The quantitative estimate of drug-likeness (QED) is 0.672. The second kappa shape index (κ2) is 9.62. The number of ether oxygens (including phenoxy) is 2. The van der Waals surface area contributed by atoms with E-state index in [2.05, 4.69) is 32.5 Å². The second-order valence-corrected chi connectivity index (χ2v) is 7.97. The molecule has 0 heterocycles. The van der Waals surface area contributed by atoms with E-state index in [4.69, 9.17) is 9.47 Å². The molecule has 0 unspecified atom stereocenters. The Balaban J connectivity index is 1.88. The molecule has 0 fully saturated rings. The zero-order valence-corrected chi connectivity index (χ0v) is 17.0. The van der Waals surface area contributed by atoms with E-state index in [1.54, 1.807) is 12.1 Å². The molecule has 0 aliphatic carbocycles. The van der Waals surface area contributed by atoms with E-state index in [9.17, 15) is 8.42 Å². The molecular formula is C19H20BrNO4S. The Labute approximate surface area is 162 Å². The van der Waals surface area contributed by atoms with Crippen molar-refractivity contribution in [3.8, 4) is 23.3 Å². The largest absolute Gasteiger partial charge is 0.494 e. The van der Waals surface area contributed by atoms with Gasteiger partial charge in [0.2, 0.25) is 10.0 Å². The van der Waals surface area contributed by atoms with E-state index in [0.29, 0.717) is 18.1 Å². The van der Waals surface area contributed by atoms with Gasteiger partial charge in [0.1, 0.15) is 18.1 Å². The van der Waals surface area contributed by atoms with Crippen molar-refractivity contribution >= 4 is 26.0 Å². The third kappa shape index (κ3) is 6.06. The molecule has 2 aromatic rings. The third-order valence-electron chi connectivity index (χ3n) is 3.34. The van der Waals surface area contributed by atoms with Crippen LogP contribution in [0.5, 0.6) is 11.5 Å². The smallest absolute Gasteiger partial charge is 0.241 e. The molecule has 0 aliphatic rings. The highest BCUT2D eigenvalue weighted by molar-refractivity contribution is 9.10. The molecule has 26 heavy (non-hydrogen) atoms. The number of aryl methyl sites for hydroxylation is 1. The molecule has 7 heteroatoms. The highest BCUT2D eigenvalue weighted by atomic mass is 79.9. The minimum Gasteiger partial charge on any atom is -0.494 e. The topological polar surface area (TPSA) is 64.6 Å². The fraction of sp³-hybridized carbons (Fsp3) is 0.263. The summed E-state index contributed by atoms with van der Waals surface area (Å²) < 4.78 is 38.8. The number of hydrogen-bond donors (Lipinski definition) is 1. The van der Waals surface area contributed by atoms with Crippen molar-refractivity contribution < 1.29 is 17.9 Å². The molecule has 0 aromatic heterocycles. The van der Waals surface area contributed by atoms with Gasteiger partial charge >= 0.3 is 0 Å². The Kier molecular flexibility index (Phi) is 7.51. The van der Waals surface area contributed by atoms with E-state index in [1.807, 2.05) is 38.1 Å². The maximum absolute atomic E-state index is 12.3. The fourth-order valence-corrected chi connectivity index (χ4v) is 3.50. The predicted octanol–water partition coefficient (Wildman–Crippen LogP) is 3.52. The first-order valence-corrected chi connectivity index (χ1v) is 10.3. The molecule has 0 bridgehead atoms. The van der Waals surface area contributed by atoms with Crippen LogP contribution in [0.3, 0.4) is 0 Å². The normalized spacial score (nSPS) is 10.7. The lowest BCUT2D eigenvalue weighted by Gasteiger charge is -2.09. The van der Waals surface area contributed by atoms with Gasteiger partial charge in [0.25, 0.3) is 0 Å². The van der Waals surface area contributed by atoms with Crippen molar-refractivity contribution in [1.82, 2.24) is 4.72 Å². The van der Waals surface area contributed by atoms with Crippen LogP contribution in [0.4, 0.5) is 0 Å². The number of hydrogen-bond acceptors (Lipinski definition) is 4. The summed E-state index contributed by atoms with van der Waals surface area (Å²) in [6.07, 6.45) is 0. The Morgan fingerprint density at radius 3 is 2.62 bits per heavy atom. The maximum atomic E-state index is 12.3. The average Bonchev–Trinajstić information content (AvgIpc) is 2.60. The number of halogens is 1. The van der Waals surface area contributed by atoms with Gasteiger partial charge in [-0.05, 0) is 55.8 Å². The zero-order chi connectivity index (χ0) is 19.0. The highest BCUT2D eigenvalue weighted by Crippen LogP contribution is 2.21. The van der Waals surface area contributed by atoms with Crippen LogP contribution in [0, 0.1) is 18.8 Å². The van der Waals surface area contributed by atoms with E-state index in [1.165, 1.54) is 6.07 Å². The summed E-state index contributed by atoms with van der Waals surface area (Å²) >= 11 is 3.36. The van der Waals surface area contributed by atoms with Crippen molar-refractivity contribution in [1.29, 1.82) is 0 Å². The van der Waals surface area contributed by atoms with Crippen molar-refractivity contribution in [3.63, 3.8) is 0 Å². The van der Waals surface area contributed by atoms with Gasteiger partial charge in [-0.25, -0.2) is 8.42 Å². The molecule has 0 aliphatic heterocycles. The minimum absolute atomic E-state index is 0.0104. The molecule has 2 rings (SSSR count). The Morgan fingerprint density at radius 2 is 1.92 bits per heavy atom.